The average molecular weight is 251 g/mol. The van der Waals surface area contributed by atoms with E-state index in [1.54, 1.807) is 6.20 Å². The van der Waals surface area contributed by atoms with E-state index in [0.29, 0.717) is 18.5 Å². The lowest BCUT2D eigenvalue weighted by Gasteiger charge is -2.17. The molecule has 18 heavy (non-hydrogen) atoms. The summed E-state index contributed by atoms with van der Waals surface area (Å²) in [6, 6.07) is 0.487. The Labute approximate surface area is 110 Å². The van der Waals surface area contributed by atoms with Crippen molar-refractivity contribution in [2.75, 3.05) is 13.2 Å². The molecule has 1 heterocycles. The standard InChI is InChI=1S/C14H25N3O/c1-4-7-12(16-8-5-2)9-13-10-15-11-14(17-13)18-6-3/h10-12,16H,4-9H2,1-3H3. The zero-order valence-electron chi connectivity index (χ0n) is 11.8. The van der Waals surface area contributed by atoms with Crippen molar-refractivity contribution in [1.82, 2.24) is 15.3 Å². The van der Waals surface area contributed by atoms with Gasteiger partial charge in [0.2, 0.25) is 5.88 Å². The van der Waals surface area contributed by atoms with Gasteiger partial charge in [-0.05, 0) is 26.3 Å². The van der Waals surface area contributed by atoms with Crippen molar-refractivity contribution < 1.29 is 4.74 Å². The fraction of sp³-hybridized carbons (Fsp3) is 0.714. The molecule has 102 valence electrons. The van der Waals surface area contributed by atoms with Crippen LogP contribution in [0.15, 0.2) is 12.4 Å². The van der Waals surface area contributed by atoms with E-state index in [9.17, 15) is 0 Å². The van der Waals surface area contributed by atoms with Crippen LogP contribution in [0.4, 0.5) is 0 Å². The van der Waals surface area contributed by atoms with Gasteiger partial charge in [0.15, 0.2) is 0 Å². The molecule has 0 aliphatic carbocycles. The zero-order valence-corrected chi connectivity index (χ0v) is 11.8. The summed E-state index contributed by atoms with van der Waals surface area (Å²) in [7, 11) is 0. The van der Waals surface area contributed by atoms with E-state index in [-0.39, 0.29) is 0 Å². The molecule has 1 unspecified atom stereocenters. The first kappa shape index (κ1) is 14.9. The normalized spacial score (nSPS) is 12.4. The molecule has 0 radical (unpaired) electrons. The van der Waals surface area contributed by atoms with Crippen molar-refractivity contribution >= 4 is 0 Å². The Kier molecular flexibility index (Phi) is 7.34. The Hall–Kier alpha value is -1.16. The van der Waals surface area contributed by atoms with Gasteiger partial charge in [-0.3, -0.25) is 4.98 Å². The van der Waals surface area contributed by atoms with Crippen molar-refractivity contribution in [2.24, 2.45) is 0 Å². The predicted octanol–water partition coefficient (Wildman–Crippen LogP) is 2.59. The largest absolute Gasteiger partial charge is 0.477 e. The molecule has 4 nitrogen and oxygen atoms in total. The number of nitrogens with zero attached hydrogens (tertiary/aromatic N) is 2. The molecule has 4 heteroatoms. The molecule has 1 aromatic heterocycles. The van der Waals surface area contributed by atoms with Gasteiger partial charge in [-0.2, -0.15) is 0 Å². The molecule has 1 atom stereocenters. The highest BCUT2D eigenvalue weighted by molar-refractivity contribution is 5.09. The molecule has 0 spiro atoms. The molecule has 0 saturated carbocycles. The van der Waals surface area contributed by atoms with Gasteiger partial charge in [0.25, 0.3) is 0 Å². The molecule has 1 N–H and O–H groups in total. The minimum absolute atomic E-state index is 0.487. The molecule has 0 saturated heterocycles. The van der Waals surface area contributed by atoms with Crippen molar-refractivity contribution in [2.45, 2.75) is 52.5 Å². The summed E-state index contributed by atoms with van der Waals surface area (Å²) in [5.41, 5.74) is 1.00. The summed E-state index contributed by atoms with van der Waals surface area (Å²) in [4.78, 5) is 8.65. The quantitative estimate of drug-likeness (QED) is 0.733. The fourth-order valence-corrected chi connectivity index (χ4v) is 1.93. The molecule has 0 bridgehead atoms. The summed E-state index contributed by atoms with van der Waals surface area (Å²) < 4.78 is 5.38. The predicted molar refractivity (Wildman–Crippen MR) is 73.9 cm³/mol. The number of hydrogen-bond donors (Lipinski definition) is 1. The number of aromatic nitrogens is 2. The van der Waals surface area contributed by atoms with Crippen LogP contribution >= 0.6 is 0 Å². The molecular formula is C14H25N3O. The minimum Gasteiger partial charge on any atom is -0.477 e. The van der Waals surface area contributed by atoms with E-state index >= 15 is 0 Å². The monoisotopic (exact) mass is 251 g/mol. The lowest BCUT2D eigenvalue weighted by Crippen LogP contribution is -2.32. The fourth-order valence-electron chi connectivity index (χ4n) is 1.93. The Balaban J connectivity index is 2.58. The van der Waals surface area contributed by atoms with E-state index in [4.69, 9.17) is 4.74 Å². The Morgan fingerprint density at radius 2 is 2.06 bits per heavy atom. The van der Waals surface area contributed by atoms with E-state index in [1.165, 1.54) is 12.8 Å². The first-order chi connectivity index (χ1) is 8.80. The first-order valence-corrected chi connectivity index (χ1v) is 6.97. The summed E-state index contributed by atoms with van der Waals surface area (Å²) in [5, 5.41) is 3.56. The van der Waals surface area contributed by atoms with Gasteiger partial charge in [0.1, 0.15) is 0 Å². The number of nitrogens with one attached hydrogen (secondary N) is 1. The molecule has 0 fully saturated rings. The topological polar surface area (TPSA) is 47.0 Å². The second-order valence-electron chi connectivity index (χ2n) is 4.43. The second-order valence-corrected chi connectivity index (χ2v) is 4.43. The average Bonchev–Trinajstić information content (AvgIpc) is 2.37. The number of ether oxygens (including phenoxy) is 1. The van der Waals surface area contributed by atoms with Gasteiger partial charge in [0, 0.05) is 18.7 Å². The van der Waals surface area contributed by atoms with E-state index in [2.05, 4.69) is 29.1 Å². The summed E-state index contributed by atoms with van der Waals surface area (Å²) in [6.07, 6.45) is 7.92. The zero-order chi connectivity index (χ0) is 13.2. The summed E-state index contributed by atoms with van der Waals surface area (Å²) >= 11 is 0. The van der Waals surface area contributed by atoms with Crippen LogP contribution in [0.25, 0.3) is 0 Å². The maximum Gasteiger partial charge on any atom is 0.232 e. The van der Waals surface area contributed by atoms with Gasteiger partial charge in [0.05, 0.1) is 18.5 Å². The molecule has 0 aromatic carbocycles. The molecule has 0 amide bonds. The van der Waals surface area contributed by atoms with Crippen molar-refractivity contribution in [3.05, 3.63) is 18.1 Å². The van der Waals surface area contributed by atoms with Crippen molar-refractivity contribution in [3.63, 3.8) is 0 Å². The van der Waals surface area contributed by atoms with E-state index in [1.807, 2.05) is 13.1 Å². The summed E-state index contributed by atoms with van der Waals surface area (Å²) in [5.74, 6) is 0.626. The highest BCUT2D eigenvalue weighted by Gasteiger charge is 2.09. The Morgan fingerprint density at radius 3 is 2.72 bits per heavy atom. The number of hydrogen-bond acceptors (Lipinski definition) is 4. The molecular weight excluding hydrogens is 226 g/mol. The Bertz CT molecular complexity index is 331. The van der Waals surface area contributed by atoms with Crippen LogP contribution in [0, 0.1) is 0 Å². The van der Waals surface area contributed by atoms with Gasteiger partial charge in [-0.25, -0.2) is 4.98 Å². The number of rotatable bonds is 9. The lowest BCUT2D eigenvalue weighted by molar-refractivity contribution is 0.323. The minimum atomic E-state index is 0.487. The second kappa shape index (κ2) is 8.86. The first-order valence-electron chi connectivity index (χ1n) is 6.97. The third kappa shape index (κ3) is 5.45. The smallest absolute Gasteiger partial charge is 0.232 e. The van der Waals surface area contributed by atoms with E-state index in [0.717, 1.165) is 25.1 Å². The van der Waals surface area contributed by atoms with Crippen LogP contribution < -0.4 is 10.1 Å². The maximum absolute atomic E-state index is 5.38. The highest BCUT2D eigenvalue weighted by atomic mass is 16.5. The third-order valence-electron chi connectivity index (χ3n) is 2.73. The van der Waals surface area contributed by atoms with E-state index < -0.39 is 0 Å². The van der Waals surface area contributed by atoms with Crippen LogP contribution in [0.1, 0.15) is 45.7 Å². The lowest BCUT2D eigenvalue weighted by atomic mass is 10.1. The van der Waals surface area contributed by atoms with Crippen LogP contribution in [-0.4, -0.2) is 29.2 Å². The Morgan fingerprint density at radius 1 is 1.22 bits per heavy atom. The molecule has 0 aliphatic heterocycles. The van der Waals surface area contributed by atoms with Crippen LogP contribution in [0.5, 0.6) is 5.88 Å². The molecule has 1 aromatic rings. The van der Waals surface area contributed by atoms with Crippen LogP contribution in [0.2, 0.25) is 0 Å². The van der Waals surface area contributed by atoms with Crippen molar-refractivity contribution in [3.8, 4) is 5.88 Å². The molecule has 0 aliphatic rings. The van der Waals surface area contributed by atoms with Crippen LogP contribution in [-0.2, 0) is 6.42 Å². The third-order valence-corrected chi connectivity index (χ3v) is 2.73. The van der Waals surface area contributed by atoms with Crippen molar-refractivity contribution in [1.29, 1.82) is 0 Å². The molecule has 1 rings (SSSR count). The highest BCUT2D eigenvalue weighted by Crippen LogP contribution is 2.09. The van der Waals surface area contributed by atoms with Crippen LogP contribution in [0.3, 0.4) is 0 Å². The SMILES string of the molecule is CCCNC(CCC)Cc1cncc(OCC)n1. The van der Waals surface area contributed by atoms with Gasteiger partial charge in [-0.15, -0.1) is 0 Å². The maximum atomic E-state index is 5.38. The summed E-state index contributed by atoms with van der Waals surface area (Å²) in [6.45, 7) is 8.04. The van der Waals surface area contributed by atoms with Gasteiger partial charge < -0.3 is 10.1 Å². The van der Waals surface area contributed by atoms with Gasteiger partial charge >= 0.3 is 0 Å². The van der Waals surface area contributed by atoms with Gasteiger partial charge in [-0.1, -0.05) is 20.3 Å².